The Balaban J connectivity index is 2.15. The van der Waals surface area contributed by atoms with Gasteiger partial charge in [0, 0.05) is 51.9 Å². The van der Waals surface area contributed by atoms with Gasteiger partial charge in [-0.2, -0.15) is 4.98 Å². The molecule has 0 aromatic carbocycles. The highest BCUT2D eigenvalue weighted by molar-refractivity contribution is 5.73. The molecule has 0 atom stereocenters. The fourth-order valence-corrected chi connectivity index (χ4v) is 2.32. The van der Waals surface area contributed by atoms with Gasteiger partial charge in [0.25, 0.3) is 0 Å². The quantitative estimate of drug-likeness (QED) is 0.858. The van der Waals surface area contributed by atoms with E-state index in [1.807, 2.05) is 25.1 Å². The number of hydrogen-bond donors (Lipinski definition) is 1. The average Bonchev–Trinajstić information content (AvgIpc) is 2.65. The molecule has 1 aromatic heterocycles. The van der Waals surface area contributed by atoms with Gasteiger partial charge in [-0.3, -0.25) is 4.79 Å². The van der Waals surface area contributed by atoms with Crippen molar-refractivity contribution in [3.63, 3.8) is 0 Å². The van der Waals surface area contributed by atoms with Gasteiger partial charge in [0.15, 0.2) is 0 Å². The molecule has 0 spiro atoms. The molecule has 2 heterocycles. The zero-order valence-corrected chi connectivity index (χ0v) is 11.8. The van der Waals surface area contributed by atoms with Crippen LogP contribution in [0.2, 0.25) is 0 Å². The number of aryl methyl sites for hydroxylation is 1. The van der Waals surface area contributed by atoms with E-state index < -0.39 is 0 Å². The van der Waals surface area contributed by atoms with E-state index in [2.05, 4.69) is 20.2 Å². The zero-order chi connectivity index (χ0) is 13.8. The highest BCUT2D eigenvalue weighted by Crippen LogP contribution is 2.19. The van der Waals surface area contributed by atoms with Crippen LogP contribution in [-0.2, 0) is 4.79 Å². The van der Waals surface area contributed by atoms with E-state index in [4.69, 9.17) is 0 Å². The van der Waals surface area contributed by atoms with Crippen LogP contribution in [0.3, 0.4) is 0 Å². The summed E-state index contributed by atoms with van der Waals surface area (Å²) in [7, 11) is 1.81. The van der Waals surface area contributed by atoms with Crippen molar-refractivity contribution in [2.75, 3.05) is 43.4 Å². The van der Waals surface area contributed by atoms with E-state index in [9.17, 15) is 4.79 Å². The lowest BCUT2D eigenvalue weighted by Gasteiger charge is -2.23. The lowest BCUT2D eigenvalue weighted by molar-refractivity contribution is -0.128. The first-order chi connectivity index (χ1) is 9.11. The van der Waals surface area contributed by atoms with E-state index in [1.165, 1.54) is 0 Å². The largest absolute Gasteiger partial charge is 0.357 e. The molecule has 6 heteroatoms. The van der Waals surface area contributed by atoms with Crippen molar-refractivity contribution >= 4 is 17.7 Å². The third kappa shape index (κ3) is 3.13. The number of nitrogens with one attached hydrogen (secondary N) is 1. The van der Waals surface area contributed by atoms with Gasteiger partial charge in [0.1, 0.15) is 5.82 Å². The summed E-state index contributed by atoms with van der Waals surface area (Å²) in [5.41, 5.74) is 1.07. The van der Waals surface area contributed by atoms with Gasteiger partial charge >= 0.3 is 0 Å². The Hall–Kier alpha value is -1.85. The Morgan fingerprint density at radius 2 is 2.11 bits per heavy atom. The first-order valence-corrected chi connectivity index (χ1v) is 6.63. The summed E-state index contributed by atoms with van der Waals surface area (Å²) in [5.74, 6) is 1.75. The molecule has 0 saturated carbocycles. The van der Waals surface area contributed by atoms with Crippen molar-refractivity contribution < 1.29 is 4.79 Å². The van der Waals surface area contributed by atoms with Gasteiger partial charge < -0.3 is 15.1 Å². The minimum Gasteiger partial charge on any atom is -0.357 e. The van der Waals surface area contributed by atoms with Crippen molar-refractivity contribution in [1.29, 1.82) is 0 Å². The number of carbonyl (C=O) groups excluding carboxylic acids is 1. The standard InChI is InChI=1S/C13H21N5O/c1-10-9-15-13(14-3)16-12(10)18-6-4-5-17(7-8-18)11(2)19/h9H,4-8H2,1-3H3,(H,14,15,16). The average molecular weight is 263 g/mol. The summed E-state index contributed by atoms with van der Waals surface area (Å²) < 4.78 is 0. The second-order valence-electron chi connectivity index (χ2n) is 4.80. The van der Waals surface area contributed by atoms with Crippen LogP contribution >= 0.6 is 0 Å². The molecule has 0 bridgehead atoms. The molecule has 1 amide bonds. The lowest BCUT2D eigenvalue weighted by atomic mass is 10.3. The number of anilines is 2. The Morgan fingerprint density at radius 1 is 1.32 bits per heavy atom. The molecule has 1 aromatic rings. The van der Waals surface area contributed by atoms with Crippen LogP contribution in [0, 0.1) is 6.92 Å². The lowest BCUT2D eigenvalue weighted by Crippen LogP contribution is -2.34. The second kappa shape index (κ2) is 5.86. The predicted octanol–water partition coefficient (Wildman–Crippen LogP) is 0.885. The maximum Gasteiger partial charge on any atom is 0.224 e. The van der Waals surface area contributed by atoms with Gasteiger partial charge in [-0.25, -0.2) is 4.98 Å². The summed E-state index contributed by atoms with van der Waals surface area (Å²) in [6, 6.07) is 0. The molecule has 19 heavy (non-hydrogen) atoms. The smallest absolute Gasteiger partial charge is 0.224 e. The minimum atomic E-state index is 0.150. The normalized spacial score (nSPS) is 16.2. The highest BCUT2D eigenvalue weighted by Gasteiger charge is 2.19. The van der Waals surface area contributed by atoms with Gasteiger partial charge in [0.2, 0.25) is 11.9 Å². The molecule has 1 aliphatic rings. The molecule has 6 nitrogen and oxygen atoms in total. The Labute approximate surface area is 113 Å². The molecule has 104 valence electrons. The van der Waals surface area contributed by atoms with Crippen LogP contribution < -0.4 is 10.2 Å². The van der Waals surface area contributed by atoms with Crippen LogP contribution in [0.5, 0.6) is 0 Å². The maximum atomic E-state index is 11.4. The summed E-state index contributed by atoms with van der Waals surface area (Å²) >= 11 is 0. The van der Waals surface area contributed by atoms with E-state index >= 15 is 0 Å². The molecule has 1 N–H and O–H groups in total. The number of amides is 1. The number of rotatable bonds is 2. The Kier molecular flexibility index (Phi) is 4.19. The van der Waals surface area contributed by atoms with Gasteiger partial charge in [-0.1, -0.05) is 0 Å². The highest BCUT2D eigenvalue weighted by atomic mass is 16.2. The second-order valence-corrected chi connectivity index (χ2v) is 4.80. The van der Waals surface area contributed by atoms with Crippen LogP contribution in [0.4, 0.5) is 11.8 Å². The van der Waals surface area contributed by atoms with E-state index in [0.717, 1.165) is 44.0 Å². The Bertz CT molecular complexity index is 462. The molecule has 0 aliphatic carbocycles. The molecule has 0 unspecified atom stereocenters. The molecular weight excluding hydrogens is 242 g/mol. The van der Waals surface area contributed by atoms with Crippen molar-refractivity contribution in [2.45, 2.75) is 20.3 Å². The fraction of sp³-hybridized carbons (Fsp3) is 0.615. The van der Waals surface area contributed by atoms with Gasteiger partial charge in [0.05, 0.1) is 0 Å². The number of nitrogens with zero attached hydrogens (tertiary/aromatic N) is 4. The number of aromatic nitrogens is 2. The molecule has 1 fully saturated rings. The Morgan fingerprint density at radius 3 is 2.79 bits per heavy atom. The van der Waals surface area contributed by atoms with E-state index in [1.54, 1.807) is 6.92 Å². The monoisotopic (exact) mass is 263 g/mol. The topological polar surface area (TPSA) is 61.4 Å². The molecule has 1 aliphatic heterocycles. The van der Waals surface area contributed by atoms with Crippen molar-refractivity contribution in [3.05, 3.63) is 11.8 Å². The molecular formula is C13H21N5O. The third-order valence-corrected chi connectivity index (χ3v) is 3.41. The minimum absolute atomic E-state index is 0.150. The summed E-state index contributed by atoms with van der Waals surface area (Å²) in [6.07, 6.45) is 2.81. The van der Waals surface area contributed by atoms with Crippen LogP contribution in [0.25, 0.3) is 0 Å². The summed E-state index contributed by atoms with van der Waals surface area (Å²) in [5, 5.41) is 2.96. The van der Waals surface area contributed by atoms with Gasteiger partial charge in [-0.05, 0) is 13.3 Å². The summed E-state index contributed by atoms with van der Waals surface area (Å²) in [6.45, 7) is 6.97. The van der Waals surface area contributed by atoms with E-state index in [-0.39, 0.29) is 5.91 Å². The van der Waals surface area contributed by atoms with Crippen LogP contribution in [0.15, 0.2) is 6.20 Å². The molecule has 2 rings (SSSR count). The number of carbonyl (C=O) groups is 1. The van der Waals surface area contributed by atoms with E-state index in [0.29, 0.717) is 5.95 Å². The molecule has 0 radical (unpaired) electrons. The van der Waals surface area contributed by atoms with Crippen molar-refractivity contribution in [1.82, 2.24) is 14.9 Å². The first-order valence-electron chi connectivity index (χ1n) is 6.63. The summed E-state index contributed by atoms with van der Waals surface area (Å²) in [4.78, 5) is 24.3. The predicted molar refractivity (Wildman–Crippen MR) is 75.4 cm³/mol. The number of hydrogen-bond acceptors (Lipinski definition) is 5. The fourth-order valence-electron chi connectivity index (χ4n) is 2.32. The maximum absolute atomic E-state index is 11.4. The first kappa shape index (κ1) is 13.6. The van der Waals surface area contributed by atoms with Crippen molar-refractivity contribution in [3.8, 4) is 0 Å². The third-order valence-electron chi connectivity index (χ3n) is 3.41. The van der Waals surface area contributed by atoms with Gasteiger partial charge in [-0.15, -0.1) is 0 Å². The van der Waals surface area contributed by atoms with Crippen molar-refractivity contribution in [2.24, 2.45) is 0 Å². The van der Waals surface area contributed by atoms with Crippen LogP contribution in [-0.4, -0.2) is 54.0 Å². The SMILES string of the molecule is CNc1ncc(C)c(N2CCCN(C(C)=O)CC2)n1. The van der Waals surface area contributed by atoms with Crippen LogP contribution in [0.1, 0.15) is 18.9 Å². The zero-order valence-electron chi connectivity index (χ0n) is 11.8. The molecule has 1 saturated heterocycles.